The predicted octanol–water partition coefficient (Wildman–Crippen LogP) is 4.48. The molecule has 0 fully saturated rings. The van der Waals surface area contributed by atoms with Gasteiger partial charge in [-0.2, -0.15) is 0 Å². The second-order valence-electron chi connectivity index (χ2n) is 5.88. The molecule has 0 spiro atoms. The molecule has 5 nitrogen and oxygen atoms in total. The predicted molar refractivity (Wildman–Crippen MR) is 106 cm³/mol. The Morgan fingerprint density at radius 1 is 1.04 bits per heavy atom. The average molecular weight is 381 g/mol. The number of esters is 1. The number of aromatic hydroxyl groups is 1. The molecule has 0 aliphatic heterocycles. The minimum absolute atomic E-state index is 0.192. The Hall–Kier alpha value is -3.12. The van der Waals surface area contributed by atoms with Crippen molar-refractivity contribution in [1.29, 1.82) is 0 Å². The molecule has 0 saturated carbocycles. The number of rotatable bonds is 6. The van der Waals surface area contributed by atoms with Crippen molar-refractivity contribution in [2.24, 2.45) is 0 Å². The fourth-order valence-electron chi connectivity index (χ4n) is 2.54. The van der Waals surface area contributed by atoms with Gasteiger partial charge in [0.1, 0.15) is 5.75 Å². The van der Waals surface area contributed by atoms with Gasteiger partial charge in [-0.15, -0.1) is 11.3 Å². The third-order valence-electron chi connectivity index (χ3n) is 3.89. The van der Waals surface area contributed by atoms with Crippen LogP contribution in [0.3, 0.4) is 0 Å². The van der Waals surface area contributed by atoms with Gasteiger partial charge in [0.2, 0.25) is 0 Å². The van der Waals surface area contributed by atoms with Gasteiger partial charge < -0.3 is 15.2 Å². The second kappa shape index (κ2) is 8.51. The number of carbonyl (C=O) groups excluding carboxylic acids is 2. The quantitative estimate of drug-likeness (QED) is 0.618. The number of amides is 1. The highest BCUT2D eigenvalue weighted by Gasteiger charge is 2.11. The van der Waals surface area contributed by atoms with Gasteiger partial charge in [-0.3, -0.25) is 9.59 Å². The van der Waals surface area contributed by atoms with Gasteiger partial charge in [0.15, 0.2) is 0 Å². The number of anilines is 1. The molecule has 0 unspecified atom stereocenters. The molecule has 1 heterocycles. The Morgan fingerprint density at radius 3 is 2.41 bits per heavy atom. The molecule has 3 aromatic rings. The van der Waals surface area contributed by atoms with Gasteiger partial charge in [-0.05, 0) is 59.3 Å². The largest absolute Gasteiger partial charge is 0.508 e. The average Bonchev–Trinajstić information content (AvgIpc) is 3.14. The van der Waals surface area contributed by atoms with Crippen molar-refractivity contribution < 1.29 is 19.4 Å². The molecule has 0 bridgehead atoms. The van der Waals surface area contributed by atoms with E-state index in [1.807, 2.05) is 11.4 Å². The van der Waals surface area contributed by atoms with Crippen LogP contribution >= 0.6 is 11.3 Å². The van der Waals surface area contributed by atoms with Crippen molar-refractivity contribution in [3.63, 3.8) is 0 Å². The number of phenols is 1. The first-order chi connectivity index (χ1) is 13.0. The molecule has 1 amide bonds. The zero-order valence-corrected chi connectivity index (χ0v) is 15.6. The van der Waals surface area contributed by atoms with Crippen molar-refractivity contribution in [3.05, 3.63) is 70.4 Å². The maximum Gasteiger partial charge on any atom is 0.310 e. The van der Waals surface area contributed by atoms with Crippen LogP contribution in [0.15, 0.2) is 60.0 Å². The van der Waals surface area contributed by atoms with Crippen LogP contribution < -0.4 is 5.32 Å². The summed E-state index contributed by atoms with van der Waals surface area (Å²) in [6, 6.07) is 15.8. The smallest absolute Gasteiger partial charge is 0.310 e. The minimum atomic E-state index is -0.269. The second-order valence-corrected chi connectivity index (χ2v) is 6.79. The fourth-order valence-corrected chi connectivity index (χ4v) is 3.35. The molecule has 3 rings (SSSR count). The third-order valence-corrected chi connectivity index (χ3v) is 4.82. The topological polar surface area (TPSA) is 75.6 Å². The lowest BCUT2D eigenvalue weighted by atomic mass is 10.1. The van der Waals surface area contributed by atoms with Crippen LogP contribution in [0.2, 0.25) is 0 Å². The monoisotopic (exact) mass is 381 g/mol. The minimum Gasteiger partial charge on any atom is -0.508 e. The first-order valence-corrected chi connectivity index (χ1v) is 9.37. The molecule has 2 N–H and O–H groups in total. The van der Waals surface area contributed by atoms with E-state index in [0.29, 0.717) is 17.2 Å². The Morgan fingerprint density at radius 2 is 1.74 bits per heavy atom. The highest BCUT2D eigenvalue weighted by Crippen LogP contribution is 2.27. The molecular formula is C21H19NO4S. The summed E-state index contributed by atoms with van der Waals surface area (Å²) in [6.45, 7) is 2.13. The van der Waals surface area contributed by atoms with Crippen molar-refractivity contribution in [1.82, 2.24) is 0 Å². The molecule has 1 aromatic heterocycles. The SMILES string of the molecule is CCOC(=O)Cc1ccc(NC(=O)c2cc(-c3ccc(O)cc3)cs2)cc1. The third kappa shape index (κ3) is 4.95. The number of carbonyl (C=O) groups is 2. The van der Waals surface area contributed by atoms with E-state index in [9.17, 15) is 14.7 Å². The van der Waals surface area contributed by atoms with Crippen LogP contribution in [0.25, 0.3) is 11.1 Å². The summed E-state index contributed by atoms with van der Waals surface area (Å²) in [4.78, 5) is 24.5. The summed E-state index contributed by atoms with van der Waals surface area (Å²) < 4.78 is 4.92. The first kappa shape index (κ1) is 18.7. The number of nitrogens with one attached hydrogen (secondary N) is 1. The number of hydrogen-bond donors (Lipinski definition) is 2. The van der Waals surface area contributed by atoms with Crippen molar-refractivity contribution in [2.45, 2.75) is 13.3 Å². The van der Waals surface area contributed by atoms with E-state index in [1.165, 1.54) is 11.3 Å². The van der Waals surface area contributed by atoms with Crippen LogP contribution in [-0.2, 0) is 16.0 Å². The lowest BCUT2D eigenvalue weighted by Crippen LogP contribution is -2.10. The van der Waals surface area contributed by atoms with E-state index in [2.05, 4.69) is 5.32 Å². The van der Waals surface area contributed by atoms with E-state index in [4.69, 9.17) is 4.74 Å². The van der Waals surface area contributed by atoms with Crippen molar-refractivity contribution in [2.75, 3.05) is 11.9 Å². The van der Waals surface area contributed by atoms with Gasteiger partial charge in [0.05, 0.1) is 17.9 Å². The standard InChI is InChI=1S/C21H19NO4S/c1-2-26-20(24)11-14-3-7-17(8-4-14)22-21(25)19-12-16(13-27-19)15-5-9-18(23)10-6-15/h3-10,12-13,23H,2,11H2,1H3,(H,22,25). The van der Waals surface area contributed by atoms with E-state index in [0.717, 1.165) is 16.7 Å². The van der Waals surface area contributed by atoms with E-state index >= 15 is 0 Å². The van der Waals surface area contributed by atoms with Crippen molar-refractivity contribution >= 4 is 28.9 Å². The Bertz CT molecular complexity index is 930. The Kier molecular flexibility index (Phi) is 5.88. The molecule has 0 atom stereocenters. The van der Waals surface area contributed by atoms with Gasteiger partial charge in [0, 0.05) is 5.69 Å². The van der Waals surface area contributed by atoms with Gasteiger partial charge in [0.25, 0.3) is 5.91 Å². The normalized spacial score (nSPS) is 10.4. The van der Waals surface area contributed by atoms with Crippen LogP contribution in [-0.4, -0.2) is 23.6 Å². The number of hydrogen-bond acceptors (Lipinski definition) is 5. The van der Waals surface area contributed by atoms with Gasteiger partial charge >= 0.3 is 5.97 Å². The highest BCUT2D eigenvalue weighted by molar-refractivity contribution is 7.12. The highest BCUT2D eigenvalue weighted by atomic mass is 32.1. The number of ether oxygens (including phenoxy) is 1. The lowest BCUT2D eigenvalue weighted by molar-refractivity contribution is -0.142. The van der Waals surface area contributed by atoms with Gasteiger partial charge in [-0.25, -0.2) is 0 Å². The number of phenolic OH excluding ortho intramolecular Hbond substituents is 1. The van der Waals surface area contributed by atoms with E-state index in [1.54, 1.807) is 55.5 Å². The van der Waals surface area contributed by atoms with Crippen LogP contribution in [0.1, 0.15) is 22.2 Å². The maximum absolute atomic E-state index is 12.4. The molecule has 0 radical (unpaired) electrons. The lowest BCUT2D eigenvalue weighted by Gasteiger charge is -2.06. The summed E-state index contributed by atoms with van der Waals surface area (Å²) in [7, 11) is 0. The number of benzene rings is 2. The van der Waals surface area contributed by atoms with E-state index in [-0.39, 0.29) is 24.0 Å². The molecule has 2 aromatic carbocycles. The Balaban J connectivity index is 1.63. The molecule has 0 saturated heterocycles. The zero-order chi connectivity index (χ0) is 19.2. The van der Waals surface area contributed by atoms with E-state index < -0.39 is 0 Å². The van der Waals surface area contributed by atoms with Crippen LogP contribution in [0, 0.1) is 0 Å². The molecular weight excluding hydrogens is 362 g/mol. The maximum atomic E-state index is 12.4. The summed E-state index contributed by atoms with van der Waals surface area (Å²) in [5, 5.41) is 14.1. The molecule has 0 aliphatic rings. The molecule has 6 heteroatoms. The summed E-state index contributed by atoms with van der Waals surface area (Å²) in [5.74, 6) is -0.254. The van der Waals surface area contributed by atoms with Gasteiger partial charge in [-0.1, -0.05) is 24.3 Å². The van der Waals surface area contributed by atoms with Crippen LogP contribution in [0.5, 0.6) is 5.75 Å². The summed E-state index contributed by atoms with van der Waals surface area (Å²) >= 11 is 1.36. The zero-order valence-electron chi connectivity index (χ0n) is 14.8. The first-order valence-electron chi connectivity index (χ1n) is 8.49. The van der Waals surface area contributed by atoms with Crippen LogP contribution in [0.4, 0.5) is 5.69 Å². The Labute approximate surface area is 161 Å². The van der Waals surface area contributed by atoms with Crippen molar-refractivity contribution in [3.8, 4) is 16.9 Å². The summed E-state index contributed by atoms with van der Waals surface area (Å²) in [5.41, 5.74) is 3.35. The molecule has 0 aliphatic carbocycles. The molecule has 27 heavy (non-hydrogen) atoms. The number of thiophene rings is 1. The fraction of sp³-hybridized carbons (Fsp3) is 0.143. The summed E-state index contributed by atoms with van der Waals surface area (Å²) in [6.07, 6.45) is 0.211. The molecule has 138 valence electrons.